The van der Waals surface area contributed by atoms with E-state index < -0.39 is 0 Å². The van der Waals surface area contributed by atoms with Crippen molar-refractivity contribution in [1.29, 1.82) is 0 Å². The number of hydrogen-bond donors (Lipinski definition) is 0. The van der Waals surface area contributed by atoms with Gasteiger partial charge in [0.1, 0.15) is 5.78 Å². The van der Waals surface area contributed by atoms with Crippen molar-refractivity contribution in [2.45, 2.75) is 78.1 Å². The molecule has 0 amide bonds. The van der Waals surface area contributed by atoms with Crippen molar-refractivity contribution in [3.8, 4) is 11.1 Å². The number of carbonyl (C=O) groups excluding carboxylic acids is 1. The molecule has 0 N–H and O–H groups in total. The van der Waals surface area contributed by atoms with Crippen molar-refractivity contribution in [2.24, 2.45) is 23.7 Å². The Morgan fingerprint density at radius 1 is 0.882 bits per heavy atom. The van der Waals surface area contributed by atoms with Gasteiger partial charge in [-0.2, -0.15) is 0 Å². The van der Waals surface area contributed by atoms with Gasteiger partial charge in [0.05, 0.1) is 0 Å². The number of rotatable bonds is 10. The molecule has 0 bridgehead atoms. The Morgan fingerprint density at radius 2 is 1.50 bits per heavy atom. The molecule has 1 heteroatoms. The molecule has 0 radical (unpaired) electrons. The van der Waals surface area contributed by atoms with Gasteiger partial charge in [-0.15, -0.1) is 0 Å². The Hall–Kier alpha value is -2.41. The summed E-state index contributed by atoms with van der Waals surface area (Å²) in [4.78, 5) is 13.1. The van der Waals surface area contributed by atoms with E-state index in [2.05, 4.69) is 81.1 Å². The second-order valence-electron chi connectivity index (χ2n) is 10.7. The van der Waals surface area contributed by atoms with Crippen molar-refractivity contribution in [2.75, 3.05) is 0 Å². The zero-order chi connectivity index (χ0) is 23.9. The van der Waals surface area contributed by atoms with E-state index in [1.165, 1.54) is 60.8 Å². The maximum atomic E-state index is 13.1. The molecule has 4 rings (SSSR count). The summed E-state index contributed by atoms with van der Waals surface area (Å²) >= 11 is 0. The Labute approximate surface area is 207 Å². The molecule has 2 aliphatic carbocycles. The van der Waals surface area contributed by atoms with Crippen molar-refractivity contribution in [3.63, 3.8) is 0 Å². The molecule has 180 valence electrons. The summed E-state index contributed by atoms with van der Waals surface area (Å²) in [6, 6.07) is 17.3. The van der Waals surface area contributed by atoms with Crippen LogP contribution in [0.5, 0.6) is 0 Å². The molecule has 34 heavy (non-hydrogen) atoms. The molecule has 1 fully saturated rings. The van der Waals surface area contributed by atoms with E-state index in [1.807, 2.05) is 0 Å². The van der Waals surface area contributed by atoms with E-state index in [1.54, 1.807) is 0 Å². The van der Waals surface area contributed by atoms with Crippen LogP contribution in [-0.2, 0) is 17.6 Å². The van der Waals surface area contributed by atoms with Crippen molar-refractivity contribution < 1.29 is 4.79 Å². The first-order chi connectivity index (χ1) is 16.6. The van der Waals surface area contributed by atoms with Gasteiger partial charge in [0.25, 0.3) is 0 Å². The SMILES string of the molecule is C=C(C1CC=CC1)C1CCC(C(CC)CC(=O)Cc2cccc(-c3cccc(CC)c3)c2)CC1. The summed E-state index contributed by atoms with van der Waals surface area (Å²) in [6.45, 7) is 8.95. The third-order valence-corrected chi connectivity index (χ3v) is 8.51. The highest BCUT2D eigenvalue weighted by molar-refractivity contribution is 5.81. The summed E-state index contributed by atoms with van der Waals surface area (Å²) < 4.78 is 0. The molecule has 2 aliphatic rings. The highest BCUT2D eigenvalue weighted by Crippen LogP contribution is 2.42. The summed E-state index contributed by atoms with van der Waals surface area (Å²) in [6.07, 6.45) is 15.5. The molecule has 0 aliphatic heterocycles. The van der Waals surface area contributed by atoms with Crippen LogP contribution in [0.4, 0.5) is 0 Å². The second-order valence-corrected chi connectivity index (χ2v) is 10.7. The third kappa shape index (κ3) is 6.17. The number of aryl methyl sites for hydroxylation is 1. The first kappa shape index (κ1) is 24.7. The molecular formula is C33H42O. The van der Waals surface area contributed by atoms with Crippen LogP contribution in [0, 0.1) is 23.7 Å². The highest BCUT2D eigenvalue weighted by atomic mass is 16.1. The molecule has 0 aromatic heterocycles. The molecule has 0 heterocycles. The van der Waals surface area contributed by atoms with Crippen molar-refractivity contribution >= 4 is 5.78 Å². The van der Waals surface area contributed by atoms with Crippen molar-refractivity contribution in [3.05, 3.63) is 84.0 Å². The number of ketones is 1. The van der Waals surface area contributed by atoms with E-state index in [0.717, 1.165) is 24.8 Å². The number of hydrogen-bond acceptors (Lipinski definition) is 1. The third-order valence-electron chi connectivity index (χ3n) is 8.51. The van der Waals surface area contributed by atoms with E-state index >= 15 is 0 Å². The average molecular weight is 455 g/mol. The normalized spacial score (nSPS) is 21.5. The fourth-order valence-electron chi connectivity index (χ4n) is 6.28. The van der Waals surface area contributed by atoms with Gasteiger partial charge in [-0.25, -0.2) is 0 Å². The molecule has 1 atom stereocenters. The van der Waals surface area contributed by atoms with Gasteiger partial charge in [0.2, 0.25) is 0 Å². The van der Waals surface area contributed by atoms with Gasteiger partial charge in [-0.1, -0.05) is 93.1 Å². The smallest absolute Gasteiger partial charge is 0.137 e. The average Bonchev–Trinajstić information content (AvgIpc) is 3.42. The molecule has 2 aromatic rings. The summed E-state index contributed by atoms with van der Waals surface area (Å²) in [5.74, 6) is 3.01. The Balaban J connectivity index is 1.31. The summed E-state index contributed by atoms with van der Waals surface area (Å²) in [5, 5.41) is 0. The lowest BCUT2D eigenvalue weighted by Gasteiger charge is -2.35. The fourth-order valence-corrected chi connectivity index (χ4v) is 6.28. The fraction of sp³-hybridized carbons (Fsp3) is 0.485. The van der Waals surface area contributed by atoms with Crippen LogP contribution in [0.3, 0.4) is 0 Å². The van der Waals surface area contributed by atoms with Gasteiger partial charge in [0.15, 0.2) is 0 Å². The van der Waals surface area contributed by atoms with Gasteiger partial charge < -0.3 is 0 Å². The van der Waals surface area contributed by atoms with Crippen molar-refractivity contribution in [1.82, 2.24) is 0 Å². The molecule has 0 saturated heterocycles. The lowest BCUT2D eigenvalue weighted by atomic mass is 9.70. The highest BCUT2D eigenvalue weighted by Gasteiger charge is 2.31. The first-order valence-electron chi connectivity index (χ1n) is 13.6. The Kier molecular flexibility index (Phi) is 8.59. The number of benzene rings is 2. The molecule has 1 nitrogen and oxygen atoms in total. The predicted molar refractivity (Wildman–Crippen MR) is 145 cm³/mol. The van der Waals surface area contributed by atoms with Gasteiger partial charge >= 0.3 is 0 Å². The first-order valence-corrected chi connectivity index (χ1v) is 13.6. The van der Waals surface area contributed by atoms with Crippen LogP contribution >= 0.6 is 0 Å². The molecule has 1 saturated carbocycles. The Morgan fingerprint density at radius 3 is 2.12 bits per heavy atom. The van der Waals surface area contributed by atoms with E-state index in [0.29, 0.717) is 35.9 Å². The minimum Gasteiger partial charge on any atom is -0.299 e. The quantitative estimate of drug-likeness (QED) is 0.328. The van der Waals surface area contributed by atoms with Crippen LogP contribution in [-0.4, -0.2) is 5.78 Å². The van der Waals surface area contributed by atoms with E-state index in [4.69, 9.17) is 0 Å². The topological polar surface area (TPSA) is 17.1 Å². The molecule has 2 aromatic carbocycles. The predicted octanol–water partition coefficient (Wildman–Crippen LogP) is 8.77. The second kappa shape index (κ2) is 11.8. The minimum atomic E-state index is 0.398. The maximum absolute atomic E-state index is 13.1. The zero-order valence-electron chi connectivity index (χ0n) is 21.3. The van der Waals surface area contributed by atoms with E-state index in [-0.39, 0.29) is 0 Å². The largest absolute Gasteiger partial charge is 0.299 e. The molecule has 0 spiro atoms. The van der Waals surface area contributed by atoms with Crippen LogP contribution < -0.4 is 0 Å². The summed E-state index contributed by atoms with van der Waals surface area (Å²) in [7, 11) is 0. The molecule has 1 unspecified atom stereocenters. The lowest BCUT2D eigenvalue weighted by molar-refractivity contribution is -0.119. The zero-order valence-corrected chi connectivity index (χ0v) is 21.3. The van der Waals surface area contributed by atoms with Crippen LogP contribution in [0.1, 0.15) is 76.3 Å². The lowest BCUT2D eigenvalue weighted by Crippen LogP contribution is -2.25. The Bertz CT molecular complexity index is 997. The van der Waals surface area contributed by atoms with E-state index in [9.17, 15) is 4.79 Å². The maximum Gasteiger partial charge on any atom is 0.137 e. The standard InChI is InChI=1S/C33H42O/c1-4-25-10-8-14-31(20-25)32-15-9-11-26(21-32)22-33(34)23-27(5-2)30-18-16-29(17-19-30)24(3)28-12-6-7-13-28/h6-11,14-15,20-21,27-30H,3-5,12-13,16-19,22-23H2,1-2H3. The van der Waals surface area contributed by atoms with Crippen LogP contribution in [0.25, 0.3) is 11.1 Å². The molecular weight excluding hydrogens is 412 g/mol. The number of allylic oxidation sites excluding steroid dienone is 3. The van der Waals surface area contributed by atoms with Gasteiger partial charge in [-0.05, 0) is 90.9 Å². The number of carbonyl (C=O) groups is 1. The van der Waals surface area contributed by atoms with Gasteiger partial charge in [0, 0.05) is 12.8 Å². The summed E-state index contributed by atoms with van der Waals surface area (Å²) in [5.41, 5.74) is 6.44. The number of Topliss-reactive ketones (excluding diaryl/α,β-unsaturated/α-hetero) is 1. The van der Waals surface area contributed by atoms with Crippen LogP contribution in [0.2, 0.25) is 0 Å². The monoisotopic (exact) mass is 454 g/mol. The minimum absolute atomic E-state index is 0.398. The van der Waals surface area contributed by atoms with Crippen LogP contribution in [0.15, 0.2) is 72.8 Å². The van der Waals surface area contributed by atoms with Gasteiger partial charge in [-0.3, -0.25) is 4.79 Å².